The summed E-state index contributed by atoms with van der Waals surface area (Å²) in [5, 5.41) is 2.82. The number of hydrogen-bond donors (Lipinski definition) is 1. The first-order chi connectivity index (χ1) is 11.3. The highest BCUT2D eigenvalue weighted by molar-refractivity contribution is 5.93. The van der Waals surface area contributed by atoms with Gasteiger partial charge in [-0.25, -0.2) is 0 Å². The zero-order chi connectivity index (χ0) is 16.1. The molecule has 1 aromatic carbocycles. The molecule has 0 unspecified atom stereocenters. The lowest BCUT2D eigenvalue weighted by Gasteiger charge is -2.16. The van der Waals surface area contributed by atoms with Crippen LogP contribution < -0.4 is 15.0 Å². The fourth-order valence-electron chi connectivity index (χ4n) is 2.47. The van der Waals surface area contributed by atoms with Crippen LogP contribution in [0.25, 0.3) is 0 Å². The van der Waals surface area contributed by atoms with E-state index in [1.165, 1.54) is 7.11 Å². The van der Waals surface area contributed by atoms with E-state index in [2.05, 4.69) is 25.2 Å². The average Bonchev–Trinajstić information content (AvgIpc) is 3.15. The van der Waals surface area contributed by atoms with E-state index in [0.717, 1.165) is 25.9 Å². The summed E-state index contributed by atoms with van der Waals surface area (Å²) < 4.78 is 5.14. The number of nitrogens with one attached hydrogen (secondary N) is 1. The van der Waals surface area contributed by atoms with Crippen LogP contribution >= 0.6 is 0 Å². The van der Waals surface area contributed by atoms with E-state index in [1.807, 2.05) is 18.2 Å². The lowest BCUT2D eigenvalue weighted by atomic mass is 10.2. The molecule has 1 aromatic heterocycles. The summed E-state index contributed by atoms with van der Waals surface area (Å²) in [4.78, 5) is 27.1. The van der Waals surface area contributed by atoms with Crippen LogP contribution in [0.15, 0.2) is 30.3 Å². The number of amides is 1. The Hall–Kier alpha value is -2.70. The molecule has 3 rings (SSSR count). The van der Waals surface area contributed by atoms with Crippen LogP contribution in [0.5, 0.6) is 6.01 Å². The highest BCUT2D eigenvalue weighted by Crippen LogP contribution is 2.17. The van der Waals surface area contributed by atoms with Gasteiger partial charge in [-0.2, -0.15) is 15.0 Å². The van der Waals surface area contributed by atoms with Crippen LogP contribution in [-0.4, -0.2) is 41.1 Å². The number of carbonyl (C=O) groups is 1. The summed E-state index contributed by atoms with van der Waals surface area (Å²) in [5.41, 5.74) is 0.605. The summed E-state index contributed by atoms with van der Waals surface area (Å²) in [6.45, 7) is 2.10. The predicted octanol–water partition coefficient (Wildman–Crippen LogP) is 1.41. The molecule has 23 heavy (non-hydrogen) atoms. The highest BCUT2D eigenvalue weighted by atomic mass is 16.5. The molecule has 0 aliphatic carbocycles. The second kappa shape index (κ2) is 7.04. The van der Waals surface area contributed by atoms with Crippen molar-refractivity contribution in [3.05, 3.63) is 41.7 Å². The summed E-state index contributed by atoms with van der Waals surface area (Å²) in [6, 6.07) is 9.32. The average molecular weight is 313 g/mol. The molecule has 1 amide bonds. The number of rotatable bonds is 5. The van der Waals surface area contributed by atoms with Crippen molar-refractivity contribution in [3.8, 4) is 6.01 Å². The molecule has 2 heterocycles. The number of anilines is 1. The SMILES string of the molecule is COc1nc(CNC(=O)c2ccccc2)nc(N2CCCC2)n1. The van der Waals surface area contributed by atoms with Crippen molar-refractivity contribution in [2.45, 2.75) is 19.4 Å². The van der Waals surface area contributed by atoms with Gasteiger partial charge in [0.15, 0.2) is 5.82 Å². The number of hydrogen-bond acceptors (Lipinski definition) is 6. The molecule has 1 aliphatic heterocycles. The number of methoxy groups -OCH3 is 1. The van der Waals surface area contributed by atoms with Gasteiger partial charge in [0.1, 0.15) is 0 Å². The van der Waals surface area contributed by atoms with Crippen molar-refractivity contribution in [2.24, 2.45) is 0 Å². The maximum atomic E-state index is 12.1. The van der Waals surface area contributed by atoms with Crippen LogP contribution in [0.1, 0.15) is 29.0 Å². The quantitative estimate of drug-likeness (QED) is 0.899. The van der Waals surface area contributed by atoms with Crippen LogP contribution in [0, 0.1) is 0 Å². The van der Waals surface area contributed by atoms with Gasteiger partial charge in [-0.3, -0.25) is 4.79 Å². The fraction of sp³-hybridized carbons (Fsp3) is 0.375. The van der Waals surface area contributed by atoms with Gasteiger partial charge >= 0.3 is 6.01 Å². The molecule has 1 N–H and O–H groups in total. The van der Waals surface area contributed by atoms with Crippen LogP contribution in [0.2, 0.25) is 0 Å². The molecule has 0 spiro atoms. The van der Waals surface area contributed by atoms with E-state index in [0.29, 0.717) is 17.3 Å². The first kappa shape index (κ1) is 15.2. The van der Waals surface area contributed by atoms with E-state index in [9.17, 15) is 4.79 Å². The van der Waals surface area contributed by atoms with Crippen LogP contribution in [0.3, 0.4) is 0 Å². The molecule has 7 heteroatoms. The minimum Gasteiger partial charge on any atom is -0.467 e. The van der Waals surface area contributed by atoms with Gasteiger partial charge in [-0.15, -0.1) is 0 Å². The van der Waals surface area contributed by atoms with Crippen molar-refractivity contribution >= 4 is 11.9 Å². The minimum absolute atomic E-state index is 0.160. The third-order valence-corrected chi connectivity index (χ3v) is 3.66. The standard InChI is InChI=1S/C16H19N5O2/c1-23-16-19-13(18-15(20-16)21-9-5-6-10-21)11-17-14(22)12-7-3-2-4-8-12/h2-4,7-8H,5-6,9-11H2,1H3,(H,17,22). The Morgan fingerprint density at radius 2 is 1.91 bits per heavy atom. The lowest BCUT2D eigenvalue weighted by Crippen LogP contribution is -2.26. The predicted molar refractivity (Wildman–Crippen MR) is 85.4 cm³/mol. The number of aromatic nitrogens is 3. The molecule has 1 aliphatic rings. The van der Waals surface area contributed by atoms with Crippen molar-refractivity contribution in [2.75, 3.05) is 25.1 Å². The first-order valence-corrected chi connectivity index (χ1v) is 7.63. The Bertz CT molecular complexity index is 671. The Kier molecular flexibility index (Phi) is 4.65. The fourth-order valence-corrected chi connectivity index (χ4v) is 2.47. The highest BCUT2D eigenvalue weighted by Gasteiger charge is 2.18. The topological polar surface area (TPSA) is 80.2 Å². The maximum absolute atomic E-state index is 12.1. The van der Waals surface area contributed by atoms with Gasteiger partial charge in [0.05, 0.1) is 13.7 Å². The normalized spacial score (nSPS) is 13.9. The molecular formula is C16H19N5O2. The molecule has 2 aromatic rings. The summed E-state index contributed by atoms with van der Waals surface area (Å²) in [6.07, 6.45) is 2.27. The van der Waals surface area contributed by atoms with E-state index >= 15 is 0 Å². The number of benzene rings is 1. The molecule has 1 saturated heterocycles. The third-order valence-electron chi connectivity index (χ3n) is 3.66. The zero-order valence-corrected chi connectivity index (χ0v) is 13.0. The van der Waals surface area contributed by atoms with Gasteiger partial charge in [0.25, 0.3) is 5.91 Å². The van der Waals surface area contributed by atoms with Crippen molar-refractivity contribution < 1.29 is 9.53 Å². The molecule has 0 bridgehead atoms. The molecule has 0 radical (unpaired) electrons. The Labute approximate surface area is 134 Å². The third kappa shape index (κ3) is 3.74. The monoisotopic (exact) mass is 313 g/mol. The van der Waals surface area contributed by atoms with Gasteiger partial charge < -0.3 is 15.0 Å². The Balaban J connectivity index is 1.71. The largest absolute Gasteiger partial charge is 0.467 e. The molecule has 7 nitrogen and oxygen atoms in total. The Morgan fingerprint density at radius 1 is 1.17 bits per heavy atom. The molecule has 0 atom stereocenters. The van der Waals surface area contributed by atoms with Crippen molar-refractivity contribution in [3.63, 3.8) is 0 Å². The first-order valence-electron chi connectivity index (χ1n) is 7.63. The lowest BCUT2D eigenvalue weighted by molar-refractivity contribution is 0.0949. The van der Waals surface area contributed by atoms with E-state index in [-0.39, 0.29) is 18.5 Å². The number of carbonyl (C=O) groups excluding carboxylic acids is 1. The summed E-state index contributed by atoms with van der Waals surface area (Å²) >= 11 is 0. The van der Waals surface area contributed by atoms with Gasteiger partial charge in [0, 0.05) is 18.7 Å². The molecule has 120 valence electrons. The van der Waals surface area contributed by atoms with Gasteiger partial charge in [0.2, 0.25) is 5.95 Å². The summed E-state index contributed by atoms with van der Waals surface area (Å²) in [7, 11) is 1.52. The number of nitrogens with zero attached hydrogens (tertiary/aromatic N) is 4. The molecule has 0 saturated carbocycles. The van der Waals surface area contributed by atoms with Gasteiger partial charge in [-0.1, -0.05) is 18.2 Å². The Morgan fingerprint density at radius 3 is 2.61 bits per heavy atom. The summed E-state index contributed by atoms with van der Waals surface area (Å²) in [5.74, 6) is 0.939. The molecule has 1 fully saturated rings. The van der Waals surface area contributed by atoms with E-state index in [4.69, 9.17) is 4.74 Å². The van der Waals surface area contributed by atoms with Crippen LogP contribution in [-0.2, 0) is 6.54 Å². The maximum Gasteiger partial charge on any atom is 0.321 e. The second-order valence-electron chi connectivity index (χ2n) is 5.28. The zero-order valence-electron chi connectivity index (χ0n) is 13.0. The van der Waals surface area contributed by atoms with E-state index < -0.39 is 0 Å². The van der Waals surface area contributed by atoms with Crippen molar-refractivity contribution in [1.29, 1.82) is 0 Å². The van der Waals surface area contributed by atoms with Crippen LogP contribution in [0.4, 0.5) is 5.95 Å². The molecular weight excluding hydrogens is 294 g/mol. The van der Waals surface area contributed by atoms with Gasteiger partial charge in [-0.05, 0) is 25.0 Å². The minimum atomic E-state index is -0.160. The second-order valence-corrected chi connectivity index (χ2v) is 5.28. The smallest absolute Gasteiger partial charge is 0.321 e. The number of ether oxygens (including phenoxy) is 1. The van der Waals surface area contributed by atoms with Crippen molar-refractivity contribution in [1.82, 2.24) is 20.3 Å². The van der Waals surface area contributed by atoms with E-state index in [1.54, 1.807) is 12.1 Å².